The molecule has 0 saturated carbocycles. The van der Waals surface area contributed by atoms with E-state index in [2.05, 4.69) is 10.2 Å². The van der Waals surface area contributed by atoms with Crippen LogP contribution < -0.4 is 11.1 Å². The van der Waals surface area contributed by atoms with Crippen LogP contribution in [0.25, 0.3) is 0 Å². The number of nitrogens with one attached hydrogen (secondary N) is 1. The molecule has 1 heterocycles. The Hall–Kier alpha value is -1.75. The number of ether oxygens (including phenoxy) is 1. The first-order chi connectivity index (χ1) is 9.33. The Bertz CT molecular complexity index is 476. The molecule has 0 atom stereocenters. The van der Waals surface area contributed by atoms with Gasteiger partial charge in [0.1, 0.15) is 5.60 Å². The van der Waals surface area contributed by atoms with Crippen LogP contribution in [-0.2, 0) is 9.53 Å². The van der Waals surface area contributed by atoms with Gasteiger partial charge in [-0.15, -0.1) is 0 Å². The molecule has 2 rings (SSSR count). The summed E-state index contributed by atoms with van der Waals surface area (Å²) in [5, 5.41) is 3.38. The van der Waals surface area contributed by atoms with E-state index in [0.29, 0.717) is 12.6 Å². The molecule has 1 saturated heterocycles. The fraction of sp³-hybridized carbons (Fsp3) is 0.533. The standard InChI is InChI=1S/C15H23N3O2/c1-15(2,3)20-14(19)10-18-8-11(9-18)17-13-7-5-4-6-12(13)16/h4-7,11,17H,8-10,16H2,1-3H3. The first-order valence-corrected chi connectivity index (χ1v) is 6.89. The van der Waals surface area contributed by atoms with Gasteiger partial charge in [0.15, 0.2) is 0 Å². The summed E-state index contributed by atoms with van der Waals surface area (Å²) in [5.41, 5.74) is 7.17. The number of para-hydroxylation sites is 2. The molecule has 1 aliphatic heterocycles. The lowest BCUT2D eigenvalue weighted by Crippen LogP contribution is -2.56. The SMILES string of the molecule is CC(C)(C)OC(=O)CN1CC(Nc2ccccc2N)C1. The van der Waals surface area contributed by atoms with Crippen molar-refractivity contribution in [2.45, 2.75) is 32.4 Å². The van der Waals surface area contributed by atoms with Crippen molar-refractivity contribution in [1.29, 1.82) is 0 Å². The summed E-state index contributed by atoms with van der Waals surface area (Å²) in [6.45, 7) is 7.64. The summed E-state index contributed by atoms with van der Waals surface area (Å²) < 4.78 is 5.30. The lowest BCUT2D eigenvalue weighted by atomic mass is 10.1. The monoisotopic (exact) mass is 277 g/mol. The Kier molecular flexibility index (Phi) is 4.18. The Labute approximate surface area is 120 Å². The quantitative estimate of drug-likeness (QED) is 0.648. The van der Waals surface area contributed by atoms with Crippen molar-refractivity contribution in [3.8, 4) is 0 Å². The lowest BCUT2D eigenvalue weighted by molar-refractivity contribution is -0.157. The van der Waals surface area contributed by atoms with Crippen molar-refractivity contribution >= 4 is 17.3 Å². The molecular weight excluding hydrogens is 254 g/mol. The molecule has 0 radical (unpaired) electrons. The predicted octanol–water partition coefficient (Wildman–Crippen LogP) is 1.71. The van der Waals surface area contributed by atoms with Gasteiger partial charge in [-0.25, -0.2) is 0 Å². The maximum atomic E-state index is 11.7. The number of nitrogen functional groups attached to an aromatic ring is 1. The van der Waals surface area contributed by atoms with Gasteiger partial charge in [0.05, 0.1) is 24.0 Å². The van der Waals surface area contributed by atoms with E-state index in [9.17, 15) is 4.79 Å². The van der Waals surface area contributed by atoms with E-state index in [1.807, 2.05) is 45.0 Å². The average Bonchev–Trinajstić information content (AvgIpc) is 2.26. The molecule has 0 amide bonds. The zero-order valence-electron chi connectivity index (χ0n) is 12.3. The summed E-state index contributed by atoms with van der Waals surface area (Å²) in [4.78, 5) is 13.7. The van der Waals surface area contributed by atoms with Gasteiger partial charge in [0, 0.05) is 13.1 Å². The van der Waals surface area contributed by atoms with Crippen LogP contribution in [0.1, 0.15) is 20.8 Å². The second-order valence-electron chi connectivity index (χ2n) is 6.21. The average molecular weight is 277 g/mol. The molecule has 1 aliphatic rings. The molecule has 0 aliphatic carbocycles. The molecule has 1 aromatic rings. The van der Waals surface area contributed by atoms with E-state index in [4.69, 9.17) is 10.5 Å². The number of nitrogens with zero attached hydrogens (tertiary/aromatic N) is 1. The molecule has 0 unspecified atom stereocenters. The third-order valence-electron chi connectivity index (χ3n) is 3.05. The first kappa shape index (κ1) is 14.7. The van der Waals surface area contributed by atoms with Gasteiger partial charge in [0.2, 0.25) is 0 Å². The molecule has 5 nitrogen and oxygen atoms in total. The maximum absolute atomic E-state index is 11.7. The van der Waals surface area contributed by atoms with Gasteiger partial charge < -0.3 is 15.8 Å². The molecule has 0 bridgehead atoms. The number of nitrogens with two attached hydrogens (primary N) is 1. The molecule has 110 valence electrons. The van der Waals surface area contributed by atoms with E-state index in [1.165, 1.54) is 0 Å². The second kappa shape index (κ2) is 5.71. The van der Waals surface area contributed by atoms with Gasteiger partial charge in [-0.1, -0.05) is 12.1 Å². The second-order valence-corrected chi connectivity index (χ2v) is 6.21. The molecule has 0 aromatic heterocycles. The normalized spacial score (nSPS) is 16.6. The highest BCUT2D eigenvalue weighted by Crippen LogP contribution is 2.21. The van der Waals surface area contributed by atoms with Crippen LogP contribution >= 0.6 is 0 Å². The van der Waals surface area contributed by atoms with Gasteiger partial charge in [-0.2, -0.15) is 0 Å². The van der Waals surface area contributed by atoms with Gasteiger partial charge in [-0.3, -0.25) is 9.69 Å². The van der Waals surface area contributed by atoms with E-state index in [-0.39, 0.29) is 5.97 Å². The smallest absolute Gasteiger partial charge is 0.320 e. The Morgan fingerprint density at radius 3 is 2.65 bits per heavy atom. The maximum Gasteiger partial charge on any atom is 0.320 e. The zero-order chi connectivity index (χ0) is 14.8. The van der Waals surface area contributed by atoms with E-state index in [0.717, 1.165) is 24.5 Å². The third kappa shape index (κ3) is 4.13. The minimum Gasteiger partial charge on any atom is -0.459 e. The van der Waals surface area contributed by atoms with Crippen LogP contribution in [0.3, 0.4) is 0 Å². The van der Waals surface area contributed by atoms with Crippen molar-refractivity contribution in [2.24, 2.45) is 0 Å². The van der Waals surface area contributed by atoms with Crippen LogP contribution in [0.15, 0.2) is 24.3 Å². The highest BCUT2D eigenvalue weighted by Gasteiger charge is 2.29. The predicted molar refractivity (Wildman–Crippen MR) is 80.6 cm³/mol. The number of esters is 1. The van der Waals surface area contributed by atoms with Gasteiger partial charge in [-0.05, 0) is 32.9 Å². The summed E-state index contributed by atoms with van der Waals surface area (Å²) in [6, 6.07) is 8.04. The van der Waals surface area contributed by atoms with Crippen molar-refractivity contribution < 1.29 is 9.53 Å². The Morgan fingerprint density at radius 2 is 2.05 bits per heavy atom. The molecule has 5 heteroatoms. The molecule has 3 N–H and O–H groups in total. The van der Waals surface area contributed by atoms with Crippen LogP contribution in [0, 0.1) is 0 Å². The first-order valence-electron chi connectivity index (χ1n) is 6.89. The highest BCUT2D eigenvalue weighted by atomic mass is 16.6. The molecular formula is C15H23N3O2. The van der Waals surface area contributed by atoms with Gasteiger partial charge in [0.25, 0.3) is 0 Å². The fourth-order valence-corrected chi connectivity index (χ4v) is 2.19. The molecule has 20 heavy (non-hydrogen) atoms. The number of carbonyl (C=O) groups is 1. The summed E-state index contributed by atoms with van der Waals surface area (Å²) in [5.74, 6) is -0.171. The highest BCUT2D eigenvalue weighted by molar-refractivity contribution is 5.72. The Morgan fingerprint density at radius 1 is 1.40 bits per heavy atom. The molecule has 1 aromatic carbocycles. The van der Waals surface area contributed by atoms with Crippen molar-refractivity contribution in [3.63, 3.8) is 0 Å². The summed E-state index contributed by atoms with van der Waals surface area (Å²) >= 11 is 0. The van der Waals surface area contributed by atoms with E-state index >= 15 is 0 Å². The molecule has 1 fully saturated rings. The summed E-state index contributed by atoms with van der Waals surface area (Å²) in [6.07, 6.45) is 0. The third-order valence-corrected chi connectivity index (χ3v) is 3.05. The van der Waals surface area contributed by atoms with Crippen molar-refractivity contribution in [1.82, 2.24) is 4.90 Å². The number of hydrogen-bond acceptors (Lipinski definition) is 5. The number of anilines is 2. The van der Waals surface area contributed by atoms with Gasteiger partial charge >= 0.3 is 5.97 Å². The van der Waals surface area contributed by atoms with E-state index < -0.39 is 5.60 Å². The fourth-order valence-electron chi connectivity index (χ4n) is 2.19. The minimum absolute atomic E-state index is 0.171. The number of rotatable bonds is 4. The number of benzene rings is 1. The van der Waals surface area contributed by atoms with Crippen LogP contribution in [0.5, 0.6) is 0 Å². The van der Waals surface area contributed by atoms with Crippen LogP contribution in [0.4, 0.5) is 11.4 Å². The van der Waals surface area contributed by atoms with E-state index in [1.54, 1.807) is 0 Å². The number of carbonyl (C=O) groups excluding carboxylic acids is 1. The summed E-state index contributed by atoms with van der Waals surface area (Å²) in [7, 11) is 0. The van der Waals surface area contributed by atoms with Crippen molar-refractivity contribution in [3.05, 3.63) is 24.3 Å². The largest absolute Gasteiger partial charge is 0.459 e. The number of likely N-dealkylation sites (tertiary alicyclic amines) is 1. The number of hydrogen-bond donors (Lipinski definition) is 2. The zero-order valence-corrected chi connectivity index (χ0v) is 12.3. The molecule has 0 spiro atoms. The Balaban J connectivity index is 1.73. The van der Waals surface area contributed by atoms with Crippen LogP contribution in [-0.4, -0.2) is 42.1 Å². The topological polar surface area (TPSA) is 67.6 Å². The van der Waals surface area contributed by atoms with Crippen LogP contribution in [0.2, 0.25) is 0 Å². The lowest BCUT2D eigenvalue weighted by Gasteiger charge is -2.39. The minimum atomic E-state index is -0.419. The van der Waals surface area contributed by atoms with Crippen molar-refractivity contribution in [2.75, 3.05) is 30.7 Å².